The van der Waals surface area contributed by atoms with Crippen LogP contribution < -0.4 is 0 Å². The highest BCUT2D eigenvalue weighted by Gasteiger charge is 2.29. The summed E-state index contributed by atoms with van der Waals surface area (Å²) in [7, 11) is 1.66. The molecule has 2 aliphatic rings. The third-order valence-electron chi connectivity index (χ3n) is 4.38. The number of morpholine rings is 1. The Morgan fingerprint density at radius 1 is 1.41 bits per heavy atom. The van der Waals surface area contributed by atoms with Crippen molar-refractivity contribution in [3.63, 3.8) is 0 Å². The van der Waals surface area contributed by atoms with E-state index >= 15 is 0 Å². The van der Waals surface area contributed by atoms with Gasteiger partial charge in [-0.3, -0.25) is 9.59 Å². The molecule has 0 aromatic heterocycles. The first-order valence-corrected chi connectivity index (χ1v) is 7.75. The van der Waals surface area contributed by atoms with Gasteiger partial charge in [0.1, 0.15) is 0 Å². The van der Waals surface area contributed by atoms with Crippen molar-refractivity contribution >= 4 is 11.7 Å². The van der Waals surface area contributed by atoms with E-state index in [9.17, 15) is 9.59 Å². The Bertz CT molecular complexity index is 584. The molecule has 1 atom stereocenters. The maximum absolute atomic E-state index is 12.8. The average molecular weight is 303 g/mol. The van der Waals surface area contributed by atoms with E-state index in [1.165, 1.54) is 0 Å². The molecule has 1 aliphatic carbocycles. The number of hydrogen-bond acceptors (Lipinski definition) is 4. The zero-order valence-corrected chi connectivity index (χ0v) is 12.8. The van der Waals surface area contributed by atoms with Gasteiger partial charge in [0, 0.05) is 44.4 Å². The summed E-state index contributed by atoms with van der Waals surface area (Å²) >= 11 is 0. The molecule has 1 aliphatic heterocycles. The van der Waals surface area contributed by atoms with Crippen LogP contribution in [0, 0.1) is 0 Å². The smallest absolute Gasteiger partial charge is 0.254 e. The number of Topliss-reactive ketones (excluding diaryl/α,β-unsaturated/α-hetero) is 1. The van der Waals surface area contributed by atoms with Crippen LogP contribution in [0.15, 0.2) is 18.2 Å². The molecule has 0 spiro atoms. The van der Waals surface area contributed by atoms with E-state index in [0.717, 1.165) is 17.5 Å². The summed E-state index contributed by atoms with van der Waals surface area (Å²) in [6, 6.07) is 5.46. The number of benzene rings is 1. The maximum Gasteiger partial charge on any atom is 0.254 e. The molecule has 1 aromatic rings. The maximum atomic E-state index is 12.8. The van der Waals surface area contributed by atoms with Crippen LogP contribution in [-0.2, 0) is 15.9 Å². The van der Waals surface area contributed by atoms with Gasteiger partial charge in [-0.1, -0.05) is 12.1 Å². The van der Waals surface area contributed by atoms with Crippen LogP contribution in [-0.4, -0.2) is 56.1 Å². The number of methoxy groups -OCH3 is 1. The summed E-state index contributed by atoms with van der Waals surface area (Å²) in [5.41, 5.74) is 2.31. The minimum Gasteiger partial charge on any atom is -0.385 e. The van der Waals surface area contributed by atoms with E-state index in [-0.39, 0.29) is 17.8 Å². The fraction of sp³-hybridized carbons (Fsp3) is 0.529. The lowest BCUT2D eigenvalue weighted by Gasteiger charge is -2.33. The highest BCUT2D eigenvalue weighted by molar-refractivity contribution is 6.05. The van der Waals surface area contributed by atoms with Gasteiger partial charge < -0.3 is 14.4 Å². The number of amides is 1. The minimum atomic E-state index is 0.0114. The van der Waals surface area contributed by atoms with E-state index in [1.807, 2.05) is 17.0 Å². The monoisotopic (exact) mass is 303 g/mol. The lowest BCUT2D eigenvalue weighted by molar-refractivity contribution is -0.0333. The van der Waals surface area contributed by atoms with Gasteiger partial charge in [0.15, 0.2) is 5.78 Å². The van der Waals surface area contributed by atoms with Gasteiger partial charge in [-0.05, 0) is 24.5 Å². The van der Waals surface area contributed by atoms with Crippen molar-refractivity contribution in [2.45, 2.75) is 25.4 Å². The van der Waals surface area contributed by atoms with Gasteiger partial charge in [-0.2, -0.15) is 0 Å². The summed E-state index contributed by atoms with van der Waals surface area (Å²) < 4.78 is 10.8. The normalized spacial score (nSPS) is 21.0. The second kappa shape index (κ2) is 6.58. The van der Waals surface area contributed by atoms with Crippen molar-refractivity contribution in [3.8, 4) is 0 Å². The molecule has 1 heterocycles. The Kier molecular flexibility index (Phi) is 4.55. The number of ketones is 1. The molecular weight excluding hydrogens is 282 g/mol. The molecule has 5 nitrogen and oxygen atoms in total. The van der Waals surface area contributed by atoms with Gasteiger partial charge in [0.25, 0.3) is 5.91 Å². The molecule has 5 heteroatoms. The second-order valence-corrected chi connectivity index (χ2v) is 5.78. The van der Waals surface area contributed by atoms with Crippen LogP contribution >= 0.6 is 0 Å². The van der Waals surface area contributed by atoms with Gasteiger partial charge in [0.05, 0.1) is 12.7 Å². The molecule has 0 bridgehead atoms. The third kappa shape index (κ3) is 2.91. The van der Waals surface area contributed by atoms with Gasteiger partial charge in [-0.15, -0.1) is 0 Å². The van der Waals surface area contributed by atoms with E-state index in [2.05, 4.69) is 0 Å². The lowest BCUT2D eigenvalue weighted by Crippen LogP contribution is -2.46. The summed E-state index contributed by atoms with van der Waals surface area (Å²) in [5, 5.41) is 0. The van der Waals surface area contributed by atoms with Crippen LogP contribution in [0.3, 0.4) is 0 Å². The SMILES string of the molecule is COCCC1CN(C(=O)c2cccc3c2CCC3=O)CCO1. The third-order valence-corrected chi connectivity index (χ3v) is 4.38. The lowest BCUT2D eigenvalue weighted by atomic mass is 10.0. The van der Waals surface area contributed by atoms with Crippen molar-refractivity contribution in [2.24, 2.45) is 0 Å². The molecule has 22 heavy (non-hydrogen) atoms. The Morgan fingerprint density at radius 3 is 3.09 bits per heavy atom. The van der Waals surface area contributed by atoms with E-state index < -0.39 is 0 Å². The summed E-state index contributed by atoms with van der Waals surface area (Å²) in [5.74, 6) is 0.155. The van der Waals surface area contributed by atoms with Crippen LogP contribution in [0.2, 0.25) is 0 Å². The first kappa shape index (κ1) is 15.2. The van der Waals surface area contributed by atoms with Crippen LogP contribution in [0.5, 0.6) is 0 Å². The van der Waals surface area contributed by atoms with Crippen molar-refractivity contribution in [1.82, 2.24) is 4.90 Å². The molecule has 3 rings (SSSR count). The Balaban J connectivity index is 1.76. The minimum absolute atomic E-state index is 0.0114. The standard InChI is InChI=1S/C17H21NO4/c1-21-9-7-12-11-18(8-10-22-12)17(20)15-4-2-3-14-13(15)5-6-16(14)19/h2-4,12H,5-11H2,1H3. The van der Waals surface area contributed by atoms with Crippen LogP contribution in [0.4, 0.5) is 0 Å². The first-order valence-electron chi connectivity index (χ1n) is 7.75. The topological polar surface area (TPSA) is 55.8 Å². The Morgan fingerprint density at radius 2 is 2.27 bits per heavy atom. The average Bonchev–Trinajstić information content (AvgIpc) is 2.94. The number of carbonyl (C=O) groups is 2. The number of fused-ring (bicyclic) bond motifs is 1. The molecular formula is C17H21NO4. The number of carbonyl (C=O) groups excluding carboxylic acids is 2. The fourth-order valence-corrected chi connectivity index (χ4v) is 3.19. The van der Waals surface area contributed by atoms with Crippen LogP contribution in [0.1, 0.15) is 39.1 Å². The van der Waals surface area contributed by atoms with Crippen LogP contribution in [0.25, 0.3) is 0 Å². The highest BCUT2D eigenvalue weighted by Crippen LogP contribution is 2.26. The van der Waals surface area contributed by atoms with Crippen molar-refractivity contribution < 1.29 is 19.1 Å². The Labute approximate surface area is 130 Å². The summed E-state index contributed by atoms with van der Waals surface area (Å²) in [4.78, 5) is 26.5. The number of hydrogen-bond donors (Lipinski definition) is 0. The zero-order valence-electron chi connectivity index (χ0n) is 12.8. The second-order valence-electron chi connectivity index (χ2n) is 5.78. The molecule has 1 unspecified atom stereocenters. The first-order chi connectivity index (χ1) is 10.7. The number of nitrogens with zero attached hydrogens (tertiary/aromatic N) is 1. The summed E-state index contributed by atoms with van der Waals surface area (Å²) in [6.07, 6.45) is 1.99. The van der Waals surface area contributed by atoms with Crippen molar-refractivity contribution in [1.29, 1.82) is 0 Å². The zero-order chi connectivity index (χ0) is 15.5. The molecule has 1 aromatic carbocycles. The largest absolute Gasteiger partial charge is 0.385 e. The Hall–Kier alpha value is -1.72. The van der Waals surface area contributed by atoms with Gasteiger partial charge in [0.2, 0.25) is 0 Å². The van der Waals surface area contributed by atoms with Gasteiger partial charge in [-0.25, -0.2) is 0 Å². The fourth-order valence-electron chi connectivity index (χ4n) is 3.19. The quantitative estimate of drug-likeness (QED) is 0.849. The van der Waals surface area contributed by atoms with Gasteiger partial charge >= 0.3 is 0 Å². The van der Waals surface area contributed by atoms with E-state index in [0.29, 0.717) is 44.7 Å². The molecule has 0 saturated carbocycles. The predicted molar refractivity (Wildman–Crippen MR) is 81.2 cm³/mol. The predicted octanol–water partition coefficient (Wildman–Crippen LogP) is 1.69. The number of rotatable bonds is 4. The van der Waals surface area contributed by atoms with E-state index in [4.69, 9.17) is 9.47 Å². The highest BCUT2D eigenvalue weighted by atomic mass is 16.5. The molecule has 1 saturated heterocycles. The molecule has 1 amide bonds. The summed E-state index contributed by atoms with van der Waals surface area (Å²) in [6.45, 7) is 2.36. The molecule has 0 radical (unpaired) electrons. The molecule has 1 fully saturated rings. The van der Waals surface area contributed by atoms with Crippen molar-refractivity contribution in [2.75, 3.05) is 33.4 Å². The van der Waals surface area contributed by atoms with Crippen molar-refractivity contribution in [3.05, 3.63) is 34.9 Å². The molecule has 118 valence electrons. The number of ether oxygens (including phenoxy) is 2. The van der Waals surface area contributed by atoms with E-state index in [1.54, 1.807) is 13.2 Å². The molecule has 0 N–H and O–H groups in total.